The van der Waals surface area contributed by atoms with E-state index in [2.05, 4.69) is 15.0 Å². The van der Waals surface area contributed by atoms with Gasteiger partial charge in [-0.05, 0) is 35.9 Å². The predicted octanol–water partition coefficient (Wildman–Crippen LogP) is 3.17. The number of carbonyl (C=O) groups excluding carboxylic acids is 2. The predicted molar refractivity (Wildman–Crippen MR) is 164 cm³/mol. The minimum atomic E-state index is -4.05. The maximum absolute atomic E-state index is 12.8. The zero-order valence-electron chi connectivity index (χ0n) is 26.0. The molecule has 1 heterocycles. The number of esters is 1. The summed E-state index contributed by atoms with van der Waals surface area (Å²) in [6, 6.07) is 11.8. The number of aromatic nitrogens is 3. The standard InChI is InChI=1S/C29H38N6O8S/c1-20(36)42-23-12-9-21(10-13-23)19-41-29(37)43-25-14-11-22(18-35(6,7)15-8-16-44(38,39)40)17-24(25)26-30-27(33(2)3)32-28(31-26)34(4)5/h9-14,17H,8,15-16,18-19H2,1-7H3/p+1. The first-order valence-electron chi connectivity index (χ1n) is 13.6. The second-order valence-electron chi connectivity index (χ2n) is 11.2. The van der Waals surface area contributed by atoms with Crippen molar-refractivity contribution in [2.24, 2.45) is 0 Å². The largest absolute Gasteiger partial charge is 0.514 e. The molecule has 0 saturated carbocycles. The molecule has 15 heteroatoms. The van der Waals surface area contributed by atoms with Crippen LogP contribution in [0.3, 0.4) is 0 Å². The number of nitrogens with zero attached hydrogens (tertiary/aromatic N) is 6. The molecule has 238 valence electrons. The highest BCUT2D eigenvalue weighted by molar-refractivity contribution is 7.85. The number of benzene rings is 2. The van der Waals surface area contributed by atoms with E-state index in [9.17, 15) is 18.0 Å². The molecule has 0 amide bonds. The Morgan fingerprint density at radius 1 is 0.886 bits per heavy atom. The lowest BCUT2D eigenvalue weighted by Crippen LogP contribution is -2.40. The second-order valence-corrected chi connectivity index (χ2v) is 12.8. The topological polar surface area (TPSA) is 161 Å². The maximum Gasteiger partial charge on any atom is 0.514 e. The Balaban J connectivity index is 1.89. The van der Waals surface area contributed by atoms with Gasteiger partial charge in [0.05, 0.1) is 32.0 Å². The third-order valence-corrected chi connectivity index (χ3v) is 7.01. The Kier molecular flexibility index (Phi) is 11.2. The van der Waals surface area contributed by atoms with Crippen LogP contribution in [0.15, 0.2) is 42.5 Å². The summed E-state index contributed by atoms with van der Waals surface area (Å²) in [6.07, 6.45) is -0.663. The van der Waals surface area contributed by atoms with Crippen LogP contribution in [0.25, 0.3) is 11.4 Å². The monoisotopic (exact) mass is 631 g/mol. The number of rotatable bonds is 13. The van der Waals surface area contributed by atoms with Gasteiger partial charge < -0.3 is 28.5 Å². The van der Waals surface area contributed by atoms with Crippen molar-refractivity contribution in [3.8, 4) is 22.9 Å². The van der Waals surface area contributed by atoms with Gasteiger partial charge in [-0.1, -0.05) is 12.1 Å². The number of anilines is 2. The van der Waals surface area contributed by atoms with Gasteiger partial charge in [-0.15, -0.1) is 0 Å². The Morgan fingerprint density at radius 3 is 2.02 bits per heavy atom. The van der Waals surface area contributed by atoms with E-state index in [1.165, 1.54) is 6.92 Å². The average Bonchev–Trinajstić information content (AvgIpc) is 2.91. The fourth-order valence-corrected chi connectivity index (χ4v) is 4.64. The van der Waals surface area contributed by atoms with Gasteiger partial charge in [-0.25, -0.2) is 4.79 Å². The third-order valence-electron chi connectivity index (χ3n) is 6.21. The number of hydrogen-bond acceptors (Lipinski definition) is 12. The molecular formula is C29H39N6O8S+. The van der Waals surface area contributed by atoms with Crippen LogP contribution in [0, 0.1) is 0 Å². The average molecular weight is 632 g/mol. The normalized spacial score (nSPS) is 11.5. The van der Waals surface area contributed by atoms with Gasteiger partial charge >= 0.3 is 12.1 Å². The zero-order valence-corrected chi connectivity index (χ0v) is 26.8. The van der Waals surface area contributed by atoms with Crippen molar-refractivity contribution in [3.63, 3.8) is 0 Å². The van der Waals surface area contributed by atoms with E-state index >= 15 is 0 Å². The van der Waals surface area contributed by atoms with E-state index < -0.39 is 22.2 Å². The molecular weight excluding hydrogens is 592 g/mol. The number of quaternary nitrogens is 1. The first-order chi connectivity index (χ1) is 20.5. The second kappa shape index (κ2) is 14.4. The number of carbonyl (C=O) groups is 2. The van der Waals surface area contributed by atoms with Gasteiger partial charge in [0.25, 0.3) is 10.1 Å². The lowest BCUT2D eigenvalue weighted by atomic mass is 10.1. The van der Waals surface area contributed by atoms with Crippen LogP contribution in [0.1, 0.15) is 24.5 Å². The summed E-state index contributed by atoms with van der Waals surface area (Å²) in [4.78, 5) is 41.1. The van der Waals surface area contributed by atoms with Gasteiger partial charge in [0.15, 0.2) is 5.82 Å². The smallest absolute Gasteiger partial charge is 0.429 e. The van der Waals surface area contributed by atoms with E-state index in [4.69, 9.17) is 18.8 Å². The molecule has 0 bridgehead atoms. The van der Waals surface area contributed by atoms with Crippen molar-refractivity contribution in [2.45, 2.75) is 26.5 Å². The Hall–Kier alpha value is -4.34. The highest BCUT2D eigenvalue weighted by Crippen LogP contribution is 2.32. The minimum absolute atomic E-state index is 0.0802. The molecule has 44 heavy (non-hydrogen) atoms. The van der Waals surface area contributed by atoms with Crippen molar-refractivity contribution in [1.82, 2.24) is 15.0 Å². The first-order valence-corrected chi connectivity index (χ1v) is 15.3. The lowest BCUT2D eigenvalue weighted by molar-refractivity contribution is -0.903. The summed E-state index contributed by atoms with van der Waals surface area (Å²) in [6.45, 7) is 2.21. The van der Waals surface area contributed by atoms with Gasteiger partial charge in [-0.3, -0.25) is 9.35 Å². The van der Waals surface area contributed by atoms with Crippen LogP contribution in [-0.4, -0.2) is 99.1 Å². The van der Waals surface area contributed by atoms with E-state index in [0.29, 0.717) is 46.3 Å². The molecule has 1 aromatic heterocycles. The van der Waals surface area contributed by atoms with E-state index in [1.807, 2.05) is 20.2 Å². The highest BCUT2D eigenvalue weighted by atomic mass is 32.2. The number of ether oxygens (including phenoxy) is 3. The molecule has 0 unspecified atom stereocenters. The maximum atomic E-state index is 12.8. The van der Waals surface area contributed by atoms with Gasteiger partial charge in [0.2, 0.25) is 11.9 Å². The molecule has 1 N–H and O–H groups in total. The summed E-state index contributed by atoms with van der Waals surface area (Å²) in [5.74, 6) is 0.854. The molecule has 0 spiro atoms. The Morgan fingerprint density at radius 2 is 1.48 bits per heavy atom. The van der Waals surface area contributed by atoms with Crippen LogP contribution in [-0.2, 0) is 32.8 Å². The van der Waals surface area contributed by atoms with Gasteiger partial charge in [0.1, 0.15) is 24.7 Å². The van der Waals surface area contributed by atoms with Crippen molar-refractivity contribution >= 4 is 34.1 Å². The van der Waals surface area contributed by atoms with Crippen molar-refractivity contribution < 1.29 is 41.3 Å². The summed E-state index contributed by atoms with van der Waals surface area (Å²) < 4.78 is 47.9. The van der Waals surface area contributed by atoms with Crippen LogP contribution in [0.2, 0.25) is 0 Å². The van der Waals surface area contributed by atoms with Crippen LogP contribution in [0.5, 0.6) is 11.5 Å². The third kappa shape index (κ3) is 10.7. The fourth-order valence-electron chi connectivity index (χ4n) is 4.14. The van der Waals surface area contributed by atoms with E-state index in [1.54, 1.807) is 74.4 Å². The molecule has 14 nitrogen and oxygen atoms in total. The SMILES string of the molecule is CC(=O)Oc1ccc(COC(=O)Oc2ccc(C[N+](C)(C)CCCS(=O)(=O)O)cc2-c2nc(N(C)C)nc(N(C)C)n2)cc1. The van der Waals surface area contributed by atoms with Crippen LogP contribution in [0.4, 0.5) is 16.7 Å². The lowest BCUT2D eigenvalue weighted by Gasteiger charge is -2.30. The highest BCUT2D eigenvalue weighted by Gasteiger charge is 2.22. The van der Waals surface area contributed by atoms with E-state index in [0.717, 1.165) is 5.56 Å². The minimum Gasteiger partial charge on any atom is -0.429 e. The fraction of sp³-hybridized carbons (Fsp3) is 0.414. The summed E-state index contributed by atoms with van der Waals surface area (Å²) >= 11 is 0. The number of hydrogen-bond donors (Lipinski definition) is 1. The van der Waals surface area contributed by atoms with E-state index in [-0.39, 0.29) is 30.4 Å². The Labute approximate surface area is 257 Å². The van der Waals surface area contributed by atoms with Crippen molar-refractivity contribution in [1.29, 1.82) is 0 Å². The molecule has 0 fully saturated rings. The summed E-state index contributed by atoms with van der Waals surface area (Å²) in [7, 11) is 7.05. The Bertz CT molecular complexity index is 1550. The zero-order chi connectivity index (χ0) is 32.7. The van der Waals surface area contributed by atoms with Gasteiger partial charge in [0, 0.05) is 47.1 Å². The molecule has 3 rings (SSSR count). The summed E-state index contributed by atoms with van der Waals surface area (Å²) in [5.41, 5.74) is 1.94. The molecule has 0 saturated heterocycles. The van der Waals surface area contributed by atoms with Crippen molar-refractivity contribution in [3.05, 3.63) is 53.6 Å². The molecule has 0 aliphatic heterocycles. The quantitative estimate of drug-likeness (QED) is 0.0964. The molecule has 3 aromatic rings. The van der Waals surface area contributed by atoms with Gasteiger partial charge in [-0.2, -0.15) is 23.4 Å². The van der Waals surface area contributed by atoms with Crippen LogP contribution >= 0.6 is 0 Å². The molecule has 0 aliphatic carbocycles. The van der Waals surface area contributed by atoms with Crippen molar-refractivity contribution in [2.75, 3.05) is 64.4 Å². The molecule has 0 atom stereocenters. The molecule has 0 aliphatic rings. The molecule has 0 radical (unpaired) electrons. The summed E-state index contributed by atoms with van der Waals surface area (Å²) in [5, 5.41) is 0. The first kappa shape index (κ1) is 34.2. The molecule has 2 aromatic carbocycles. The van der Waals surface area contributed by atoms with Crippen LogP contribution < -0.4 is 19.3 Å².